The van der Waals surface area contributed by atoms with E-state index in [0.29, 0.717) is 29.4 Å². The molecule has 3 rings (SSSR count). The zero-order valence-electron chi connectivity index (χ0n) is 17.3. The quantitative estimate of drug-likeness (QED) is 0.324. The van der Waals surface area contributed by atoms with Crippen molar-refractivity contribution in [3.8, 4) is 17.3 Å². The fourth-order valence-electron chi connectivity index (χ4n) is 2.88. The summed E-state index contributed by atoms with van der Waals surface area (Å²) in [4.78, 5) is 30.1. The molecule has 0 aliphatic carbocycles. The molecule has 170 valence electrons. The Kier molecular flexibility index (Phi) is 7.67. The van der Waals surface area contributed by atoms with Crippen LogP contribution >= 0.6 is 15.9 Å². The second-order valence-corrected chi connectivity index (χ2v) is 7.44. The van der Waals surface area contributed by atoms with Gasteiger partial charge in [0.1, 0.15) is 29.4 Å². The molecule has 1 N–H and O–H groups in total. The van der Waals surface area contributed by atoms with Crippen LogP contribution in [-0.2, 0) is 6.54 Å². The molecule has 3 aromatic rings. The van der Waals surface area contributed by atoms with Crippen molar-refractivity contribution in [3.63, 3.8) is 0 Å². The fourth-order valence-corrected chi connectivity index (χ4v) is 3.22. The van der Waals surface area contributed by atoms with Gasteiger partial charge >= 0.3 is 6.09 Å². The Morgan fingerprint density at radius 1 is 1.27 bits per heavy atom. The van der Waals surface area contributed by atoms with Gasteiger partial charge in [-0.3, -0.25) is 4.79 Å². The third-order valence-corrected chi connectivity index (χ3v) is 4.97. The van der Waals surface area contributed by atoms with E-state index in [1.54, 1.807) is 22.8 Å². The van der Waals surface area contributed by atoms with Gasteiger partial charge < -0.3 is 14.4 Å². The fraction of sp³-hybridized carbons (Fsp3) is 0.136. The number of allylic oxidation sites excluding steroid dienone is 1. The first-order valence-electron chi connectivity index (χ1n) is 9.63. The van der Waals surface area contributed by atoms with E-state index in [-0.39, 0.29) is 28.2 Å². The number of carbonyl (C=O) groups is 2. The van der Waals surface area contributed by atoms with E-state index in [2.05, 4.69) is 44.3 Å². The maximum absolute atomic E-state index is 14.1. The number of benzene rings is 1. The topological polar surface area (TPSA) is 110 Å². The summed E-state index contributed by atoms with van der Waals surface area (Å²) in [5, 5.41) is 17.7. The first kappa shape index (κ1) is 23.8. The third kappa shape index (κ3) is 5.32. The van der Waals surface area contributed by atoms with Gasteiger partial charge in [0.15, 0.2) is 5.82 Å². The number of imide groups is 1. The van der Waals surface area contributed by atoms with Crippen molar-refractivity contribution < 1.29 is 23.8 Å². The molecule has 1 aromatic carbocycles. The van der Waals surface area contributed by atoms with Crippen LogP contribution in [0.5, 0.6) is 5.75 Å². The van der Waals surface area contributed by atoms with Gasteiger partial charge in [0.2, 0.25) is 0 Å². The molecule has 0 unspecified atom stereocenters. The Bertz CT molecular complexity index is 1210. The number of amides is 2. The molecule has 0 aliphatic heterocycles. The Morgan fingerprint density at radius 2 is 2.06 bits per heavy atom. The molecule has 0 spiro atoms. The average molecular weight is 516 g/mol. The van der Waals surface area contributed by atoms with Crippen LogP contribution in [0.25, 0.3) is 11.5 Å². The van der Waals surface area contributed by atoms with E-state index in [1.165, 1.54) is 24.5 Å². The van der Waals surface area contributed by atoms with Crippen LogP contribution in [0, 0.1) is 5.82 Å². The van der Waals surface area contributed by atoms with Crippen LogP contribution in [0.3, 0.4) is 0 Å². The number of ether oxygens (including phenoxy) is 1. The molecule has 9 nitrogen and oxygen atoms in total. The van der Waals surface area contributed by atoms with Crippen LogP contribution in [0.4, 0.5) is 15.0 Å². The number of rotatable bonds is 9. The smallest absolute Gasteiger partial charge is 0.420 e. The predicted molar refractivity (Wildman–Crippen MR) is 123 cm³/mol. The molecule has 33 heavy (non-hydrogen) atoms. The molecule has 0 fully saturated rings. The van der Waals surface area contributed by atoms with Crippen molar-refractivity contribution in [3.05, 3.63) is 77.8 Å². The number of halogens is 2. The van der Waals surface area contributed by atoms with Crippen LogP contribution in [0.15, 0.2) is 66.4 Å². The summed E-state index contributed by atoms with van der Waals surface area (Å²) >= 11 is 3.03. The summed E-state index contributed by atoms with van der Waals surface area (Å²) in [6.07, 6.45) is 3.59. The number of aromatic nitrogens is 4. The zero-order valence-corrected chi connectivity index (χ0v) is 18.9. The lowest BCUT2D eigenvalue weighted by Gasteiger charge is -2.19. The number of hydrogen-bond acceptors (Lipinski definition) is 6. The van der Waals surface area contributed by atoms with Gasteiger partial charge in [-0.1, -0.05) is 18.2 Å². The minimum absolute atomic E-state index is 0.0218. The monoisotopic (exact) mass is 515 g/mol. The summed E-state index contributed by atoms with van der Waals surface area (Å²) in [5.41, 5.74) is 0.144. The molecule has 2 amide bonds. The first-order valence-corrected chi connectivity index (χ1v) is 10.4. The summed E-state index contributed by atoms with van der Waals surface area (Å²) in [6.45, 7) is 7.79. The molecule has 0 radical (unpaired) electrons. The number of nitrogens with zero attached hydrogens (tertiary/aromatic N) is 5. The third-order valence-electron chi connectivity index (χ3n) is 4.36. The van der Waals surface area contributed by atoms with E-state index in [4.69, 9.17) is 4.74 Å². The normalized spacial score (nSPS) is 10.5. The van der Waals surface area contributed by atoms with Gasteiger partial charge in [0.05, 0.1) is 16.6 Å². The molecule has 0 atom stereocenters. The summed E-state index contributed by atoms with van der Waals surface area (Å²) in [6, 6.07) is 6.69. The highest BCUT2D eigenvalue weighted by Crippen LogP contribution is 2.30. The zero-order chi connectivity index (χ0) is 24.0. The van der Waals surface area contributed by atoms with E-state index >= 15 is 0 Å². The second kappa shape index (κ2) is 10.6. The SMILES string of the molecule is C=CCCOc1cc(F)c(Br)cc1C(=O)N(C(=O)O)c1cccc(-c2nncn2CC=C)n1. The van der Waals surface area contributed by atoms with Crippen molar-refractivity contribution >= 4 is 33.7 Å². The summed E-state index contributed by atoms with van der Waals surface area (Å²) in [7, 11) is 0. The molecular weight excluding hydrogens is 497 g/mol. The minimum atomic E-state index is -1.57. The van der Waals surface area contributed by atoms with E-state index in [0.717, 1.165) is 6.07 Å². The number of anilines is 1. The highest BCUT2D eigenvalue weighted by molar-refractivity contribution is 9.10. The maximum atomic E-state index is 14.1. The van der Waals surface area contributed by atoms with Crippen LogP contribution < -0.4 is 9.64 Å². The van der Waals surface area contributed by atoms with Gasteiger partial charge in [-0.25, -0.2) is 14.2 Å². The van der Waals surface area contributed by atoms with Gasteiger partial charge in [0, 0.05) is 12.6 Å². The highest BCUT2D eigenvalue weighted by atomic mass is 79.9. The van der Waals surface area contributed by atoms with Crippen LogP contribution in [0.1, 0.15) is 16.8 Å². The van der Waals surface area contributed by atoms with Crippen molar-refractivity contribution in [2.24, 2.45) is 0 Å². The molecule has 2 heterocycles. The molecular formula is C22H19BrFN5O4. The van der Waals surface area contributed by atoms with Crippen molar-refractivity contribution in [2.45, 2.75) is 13.0 Å². The average Bonchev–Trinajstić information content (AvgIpc) is 3.25. The summed E-state index contributed by atoms with van der Waals surface area (Å²) in [5.74, 6) is -1.53. The Balaban J connectivity index is 2.04. The molecule has 2 aromatic heterocycles. The van der Waals surface area contributed by atoms with Crippen molar-refractivity contribution in [2.75, 3.05) is 11.5 Å². The standard InChI is InChI=1S/C22H19BrFN5O4/c1-3-5-10-33-18-12-16(24)15(23)11-14(18)21(30)29(22(31)32)19-8-6-7-17(26-19)20-27-25-13-28(20)9-4-2/h3-4,6-8,11-13H,1-2,5,9-10H2,(H,31,32). The number of pyridine rings is 1. The van der Waals surface area contributed by atoms with Gasteiger partial charge in [0.25, 0.3) is 5.91 Å². The number of carbonyl (C=O) groups excluding carboxylic acids is 1. The van der Waals surface area contributed by atoms with Gasteiger partial charge in [-0.15, -0.1) is 23.4 Å². The van der Waals surface area contributed by atoms with E-state index < -0.39 is 17.8 Å². The summed E-state index contributed by atoms with van der Waals surface area (Å²) < 4.78 is 21.2. The molecule has 0 saturated heterocycles. The van der Waals surface area contributed by atoms with Crippen LogP contribution in [0.2, 0.25) is 0 Å². The van der Waals surface area contributed by atoms with E-state index in [9.17, 15) is 19.1 Å². The molecule has 0 saturated carbocycles. The minimum Gasteiger partial charge on any atom is -0.492 e. The largest absolute Gasteiger partial charge is 0.492 e. The lowest BCUT2D eigenvalue weighted by atomic mass is 10.1. The Hall–Kier alpha value is -3.86. The first-order chi connectivity index (χ1) is 15.9. The Labute approximate surface area is 197 Å². The second-order valence-electron chi connectivity index (χ2n) is 6.59. The van der Waals surface area contributed by atoms with Gasteiger partial charge in [-0.05, 0) is 40.5 Å². The van der Waals surface area contributed by atoms with Crippen molar-refractivity contribution in [1.82, 2.24) is 19.7 Å². The van der Waals surface area contributed by atoms with Crippen molar-refractivity contribution in [1.29, 1.82) is 0 Å². The molecule has 0 bridgehead atoms. The number of hydrogen-bond donors (Lipinski definition) is 1. The maximum Gasteiger partial charge on any atom is 0.420 e. The van der Waals surface area contributed by atoms with E-state index in [1.807, 2.05) is 0 Å². The lowest BCUT2D eigenvalue weighted by Crippen LogP contribution is -2.37. The van der Waals surface area contributed by atoms with Gasteiger partial charge in [-0.2, -0.15) is 4.90 Å². The lowest BCUT2D eigenvalue weighted by molar-refractivity contribution is 0.0978. The predicted octanol–water partition coefficient (Wildman–Crippen LogP) is 4.71. The number of carboxylic acid groups (broad SMARTS) is 1. The highest BCUT2D eigenvalue weighted by Gasteiger charge is 2.29. The molecule has 11 heteroatoms. The van der Waals surface area contributed by atoms with Crippen LogP contribution in [-0.4, -0.2) is 43.5 Å². The molecule has 0 aliphatic rings. The Morgan fingerprint density at radius 3 is 2.76 bits per heavy atom.